The zero-order valence-corrected chi connectivity index (χ0v) is 14.8. The Labute approximate surface area is 159 Å². The first-order valence-electron chi connectivity index (χ1n) is 8.51. The van der Waals surface area contributed by atoms with E-state index in [1.54, 1.807) is 6.07 Å². The van der Waals surface area contributed by atoms with Crippen LogP contribution in [0.2, 0.25) is 0 Å². The lowest BCUT2D eigenvalue weighted by Gasteiger charge is -2.10. The molecular weight excluding hydrogens is 368 g/mol. The maximum atomic E-state index is 13.5. The molecule has 0 aliphatic carbocycles. The van der Waals surface area contributed by atoms with Gasteiger partial charge in [0.25, 0.3) is 11.5 Å². The number of carbonyl (C=O) groups excluding carboxylic acids is 1. The van der Waals surface area contributed by atoms with Crippen molar-refractivity contribution in [2.45, 2.75) is 6.54 Å². The quantitative estimate of drug-likeness (QED) is 0.678. The number of benzene rings is 2. The molecule has 6 nitrogen and oxygen atoms in total. The van der Waals surface area contributed by atoms with Gasteiger partial charge in [0.05, 0.1) is 12.2 Å². The van der Waals surface area contributed by atoms with Gasteiger partial charge in [0.2, 0.25) is 0 Å². The Hall–Kier alpha value is -3.55. The van der Waals surface area contributed by atoms with E-state index in [1.165, 1.54) is 10.7 Å². The third-order valence-corrected chi connectivity index (χ3v) is 3.83. The van der Waals surface area contributed by atoms with Crippen molar-refractivity contribution in [1.29, 1.82) is 0 Å². The molecule has 1 aromatic heterocycles. The number of amides is 1. The first-order valence-corrected chi connectivity index (χ1v) is 8.51. The lowest BCUT2D eigenvalue weighted by atomic mass is 10.1. The summed E-state index contributed by atoms with van der Waals surface area (Å²) in [5.74, 6) is -2.34. The van der Waals surface area contributed by atoms with E-state index < -0.39 is 24.1 Å². The highest BCUT2D eigenvalue weighted by atomic mass is 19.1. The third-order valence-electron chi connectivity index (χ3n) is 3.83. The SMILES string of the molecule is O=C(COc1ccc(F)cc1F)NCCn1nc(-c2ccccc2)ccc1=O. The molecule has 2 aromatic carbocycles. The molecule has 144 valence electrons. The molecule has 0 saturated heterocycles. The number of hydrogen-bond donors (Lipinski definition) is 1. The van der Waals surface area contributed by atoms with E-state index in [9.17, 15) is 18.4 Å². The first-order chi connectivity index (χ1) is 13.5. The summed E-state index contributed by atoms with van der Waals surface area (Å²) in [4.78, 5) is 23.8. The van der Waals surface area contributed by atoms with Crippen molar-refractivity contribution >= 4 is 5.91 Å². The van der Waals surface area contributed by atoms with Gasteiger partial charge >= 0.3 is 0 Å². The minimum Gasteiger partial charge on any atom is -0.481 e. The van der Waals surface area contributed by atoms with Crippen LogP contribution in [-0.4, -0.2) is 28.8 Å². The van der Waals surface area contributed by atoms with E-state index in [-0.39, 0.29) is 24.4 Å². The van der Waals surface area contributed by atoms with Crippen molar-refractivity contribution < 1.29 is 18.3 Å². The van der Waals surface area contributed by atoms with Gasteiger partial charge in [-0.3, -0.25) is 9.59 Å². The maximum absolute atomic E-state index is 13.5. The number of nitrogens with zero attached hydrogens (tertiary/aromatic N) is 2. The van der Waals surface area contributed by atoms with Gasteiger partial charge < -0.3 is 10.1 Å². The number of aromatic nitrogens is 2. The molecule has 0 atom stereocenters. The van der Waals surface area contributed by atoms with Gasteiger partial charge in [-0.1, -0.05) is 30.3 Å². The van der Waals surface area contributed by atoms with Crippen LogP contribution in [0.1, 0.15) is 0 Å². The van der Waals surface area contributed by atoms with E-state index in [0.29, 0.717) is 11.8 Å². The van der Waals surface area contributed by atoms with Crippen molar-refractivity contribution in [1.82, 2.24) is 15.1 Å². The highest BCUT2D eigenvalue weighted by Crippen LogP contribution is 2.17. The van der Waals surface area contributed by atoms with Crippen LogP contribution in [0.4, 0.5) is 8.78 Å². The molecule has 1 heterocycles. The van der Waals surface area contributed by atoms with Crippen LogP contribution in [0.25, 0.3) is 11.3 Å². The third kappa shape index (κ3) is 5.00. The van der Waals surface area contributed by atoms with Crippen LogP contribution >= 0.6 is 0 Å². The normalized spacial score (nSPS) is 10.5. The molecule has 0 spiro atoms. The number of ether oxygens (including phenoxy) is 1. The zero-order chi connectivity index (χ0) is 19.9. The summed E-state index contributed by atoms with van der Waals surface area (Å²) in [6.45, 7) is -0.135. The second-order valence-corrected chi connectivity index (χ2v) is 5.86. The number of nitrogens with one attached hydrogen (secondary N) is 1. The van der Waals surface area contributed by atoms with Gasteiger partial charge in [0, 0.05) is 24.2 Å². The maximum Gasteiger partial charge on any atom is 0.266 e. The average molecular weight is 385 g/mol. The van der Waals surface area contributed by atoms with Crippen molar-refractivity contribution in [2.24, 2.45) is 0 Å². The van der Waals surface area contributed by atoms with Crippen LogP contribution in [0.3, 0.4) is 0 Å². The minimum atomic E-state index is -0.888. The summed E-state index contributed by atoms with van der Waals surface area (Å²) in [5.41, 5.74) is 1.22. The Bertz CT molecular complexity index is 1020. The molecule has 28 heavy (non-hydrogen) atoms. The lowest BCUT2D eigenvalue weighted by molar-refractivity contribution is -0.123. The predicted octanol–water partition coefficient (Wildman–Crippen LogP) is 2.38. The topological polar surface area (TPSA) is 73.2 Å². The van der Waals surface area contributed by atoms with Crippen LogP contribution in [0.15, 0.2) is 65.5 Å². The summed E-state index contributed by atoms with van der Waals surface area (Å²) < 4.78 is 32.6. The largest absolute Gasteiger partial charge is 0.481 e. The van der Waals surface area contributed by atoms with E-state index in [0.717, 1.165) is 17.7 Å². The van der Waals surface area contributed by atoms with Gasteiger partial charge in [-0.15, -0.1) is 0 Å². The summed E-state index contributed by atoms with van der Waals surface area (Å²) in [6, 6.07) is 15.3. The highest BCUT2D eigenvalue weighted by molar-refractivity contribution is 5.77. The number of halogens is 2. The molecule has 0 bridgehead atoms. The number of carbonyl (C=O) groups is 1. The lowest BCUT2D eigenvalue weighted by Crippen LogP contribution is -2.34. The molecule has 0 unspecified atom stereocenters. The van der Waals surface area contributed by atoms with Crippen molar-refractivity contribution in [3.8, 4) is 17.0 Å². The average Bonchev–Trinajstić information content (AvgIpc) is 2.69. The Kier molecular flexibility index (Phi) is 6.11. The fourth-order valence-electron chi connectivity index (χ4n) is 2.46. The predicted molar refractivity (Wildman–Crippen MR) is 98.8 cm³/mol. The molecule has 3 rings (SSSR count). The summed E-state index contributed by atoms with van der Waals surface area (Å²) in [6.07, 6.45) is 0. The van der Waals surface area contributed by atoms with Gasteiger partial charge in [0.1, 0.15) is 5.82 Å². The Morgan fingerprint density at radius 1 is 1.07 bits per heavy atom. The van der Waals surface area contributed by atoms with Gasteiger partial charge in [-0.05, 0) is 18.2 Å². The summed E-state index contributed by atoms with van der Waals surface area (Å²) in [5, 5.41) is 6.85. The second kappa shape index (κ2) is 8.90. The van der Waals surface area contributed by atoms with Crippen molar-refractivity contribution in [3.05, 3.63) is 82.7 Å². The van der Waals surface area contributed by atoms with E-state index in [2.05, 4.69) is 10.4 Å². The molecule has 0 fully saturated rings. The van der Waals surface area contributed by atoms with Crippen molar-refractivity contribution in [3.63, 3.8) is 0 Å². The summed E-state index contributed by atoms with van der Waals surface area (Å²) in [7, 11) is 0. The highest BCUT2D eigenvalue weighted by Gasteiger charge is 2.08. The van der Waals surface area contributed by atoms with E-state index in [1.807, 2.05) is 30.3 Å². The van der Waals surface area contributed by atoms with Gasteiger partial charge in [0.15, 0.2) is 18.2 Å². The molecule has 3 aromatic rings. The smallest absolute Gasteiger partial charge is 0.266 e. The monoisotopic (exact) mass is 385 g/mol. The molecule has 1 N–H and O–H groups in total. The van der Waals surface area contributed by atoms with Crippen LogP contribution in [-0.2, 0) is 11.3 Å². The first kappa shape index (κ1) is 19.2. The molecule has 8 heteroatoms. The van der Waals surface area contributed by atoms with E-state index in [4.69, 9.17) is 4.74 Å². The van der Waals surface area contributed by atoms with E-state index >= 15 is 0 Å². The van der Waals surface area contributed by atoms with Crippen LogP contribution < -0.4 is 15.6 Å². The fourth-order valence-corrected chi connectivity index (χ4v) is 2.46. The molecule has 0 aliphatic heterocycles. The molecule has 0 saturated carbocycles. The fraction of sp³-hybridized carbons (Fsp3) is 0.150. The Balaban J connectivity index is 1.53. The minimum absolute atomic E-state index is 0.138. The Morgan fingerprint density at radius 3 is 2.61 bits per heavy atom. The molecule has 0 radical (unpaired) electrons. The van der Waals surface area contributed by atoms with Gasteiger partial charge in [-0.25, -0.2) is 13.5 Å². The zero-order valence-electron chi connectivity index (χ0n) is 14.8. The number of hydrogen-bond acceptors (Lipinski definition) is 4. The van der Waals surface area contributed by atoms with Gasteiger partial charge in [-0.2, -0.15) is 5.10 Å². The molecule has 1 amide bonds. The van der Waals surface area contributed by atoms with Crippen LogP contribution in [0, 0.1) is 11.6 Å². The standard InChI is InChI=1S/C20H17F2N3O3/c21-15-6-8-18(16(22)12-15)28-13-19(26)23-10-11-25-20(27)9-7-17(24-25)14-4-2-1-3-5-14/h1-9,12H,10-11,13H2,(H,23,26). The molecular formula is C20H17F2N3O3. The van der Waals surface area contributed by atoms with Crippen molar-refractivity contribution in [2.75, 3.05) is 13.2 Å². The Morgan fingerprint density at radius 2 is 1.86 bits per heavy atom. The van der Waals surface area contributed by atoms with Crippen LogP contribution in [0.5, 0.6) is 5.75 Å². The summed E-state index contributed by atoms with van der Waals surface area (Å²) >= 11 is 0. The molecule has 0 aliphatic rings. The second-order valence-electron chi connectivity index (χ2n) is 5.86. The number of rotatable bonds is 7.